The minimum Gasteiger partial charge on any atom is -0.303 e. The fraction of sp³-hybridized carbons (Fsp3) is 0.368. The van der Waals surface area contributed by atoms with E-state index in [9.17, 15) is 39.5 Å². The van der Waals surface area contributed by atoms with Crippen molar-refractivity contribution >= 4 is 0 Å². The number of rotatable bonds is 2. The Hall–Kier alpha value is -2.23. The molecular weight excluding hydrogens is 413 g/mol. The summed E-state index contributed by atoms with van der Waals surface area (Å²) >= 11 is 0. The Labute approximate surface area is 159 Å². The monoisotopic (exact) mass is 427 g/mol. The molecule has 1 heterocycles. The van der Waals surface area contributed by atoms with E-state index in [0.29, 0.717) is 0 Å². The number of hydrogen-bond acceptors (Lipinski definition) is 1. The van der Waals surface area contributed by atoms with Crippen molar-refractivity contribution < 1.29 is 39.5 Å². The zero-order valence-electron chi connectivity index (χ0n) is 14.5. The van der Waals surface area contributed by atoms with Gasteiger partial charge in [0, 0.05) is 6.54 Å². The maximum atomic E-state index is 13.2. The molecule has 1 N–H and O–H groups in total. The van der Waals surface area contributed by atoms with Gasteiger partial charge in [0.1, 0.15) is 0 Å². The maximum Gasteiger partial charge on any atom is 0.416 e. The third-order valence-corrected chi connectivity index (χ3v) is 5.08. The third kappa shape index (κ3) is 4.22. The summed E-state index contributed by atoms with van der Waals surface area (Å²) < 4.78 is 117. The highest BCUT2D eigenvalue weighted by Crippen LogP contribution is 2.46. The molecule has 1 unspecified atom stereocenters. The van der Waals surface area contributed by atoms with Crippen molar-refractivity contribution in [3.63, 3.8) is 0 Å². The van der Waals surface area contributed by atoms with Crippen molar-refractivity contribution in [2.75, 3.05) is 6.54 Å². The van der Waals surface area contributed by atoms with Crippen LogP contribution in [0.3, 0.4) is 0 Å². The molecule has 0 aromatic heterocycles. The van der Waals surface area contributed by atoms with Gasteiger partial charge in [0.05, 0.1) is 22.6 Å². The Balaban J connectivity index is 2.06. The fourth-order valence-corrected chi connectivity index (χ4v) is 3.54. The summed E-state index contributed by atoms with van der Waals surface area (Å²) in [5.74, 6) is -1.80. The lowest BCUT2D eigenvalue weighted by molar-refractivity contribution is -0.169. The minimum absolute atomic E-state index is 0.108. The van der Waals surface area contributed by atoms with E-state index in [1.54, 1.807) is 0 Å². The normalized spacial score (nSPS) is 20.1. The van der Waals surface area contributed by atoms with E-state index in [2.05, 4.69) is 5.32 Å². The zero-order chi connectivity index (χ0) is 21.7. The van der Waals surface area contributed by atoms with Gasteiger partial charge in [-0.3, -0.25) is 0 Å². The first-order valence-electron chi connectivity index (χ1n) is 8.41. The summed E-state index contributed by atoms with van der Waals surface area (Å²) in [6.07, 6.45) is -14.4. The van der Waals surface area contributed by atoms with Crippen molar-refractivity contribution in [3.8, 4) is 0 Å². The molecule has 0 saturated carbocycles. The molecule has 0 spiro atoms. The summed E-state index contributed by atoms with van der Waals surface area (Å²) in [7, 11) is 0. The van der Waals surface area contributed by atoms with E-state index in [1.165, 1.54) is 0 Å². The van der Waals surface area contributed by atoms with Gasteiger partial charge in [0.2, 0.25) is 0 Å². The van der Waals surface area contributed by atoms with E-state index in [4.69, 9.17) is 0 Å². The fourth-order valence-electron chi connectivity index (χ4n) is 3.54. The van der Waals surface area contributed by atoms with Gasteiger partial charge in [0.25, 0.3) is 0 Å². The number of benzene rings is 2. The van der Waals surface area contributed by atoms with E-state index < -0.39 is 54.1 Å². The molecule has 29 heavy (non-hydrogen) atoms. The van der Waals surface area contributed by atoms with Crippen LogP contribution in [0.2, 0.25) is 0 Å². The van der Waals surface area contributed by atoms with E-state index in [1.807, 2.05) is 0 Å². The van der Waals surface area contributed by atoms with E-state index >= 15 is 0 Å². The molecule has 158 valence electrons. The Kier molecular flexibility index (Phi) is 5.13. The lowest BCUT2D eigenvalue weighted by Crippen LogP contribution is -2.38. The first-order chi connectivity index (χ1) is 13.2. The van der Waals surface area contributed by atoms with Crippen LogP contribution in [0.4, 0.5) is 39.5 Å². The van der Waals surface area contributed by atoms with Crippen molar-refractivity contribution in [2.24, 2.45) is 5.92 Å². The van der Waals surface area contributed by atoms with Crippen LogP contribution in [0.5, 0.6) is 0 Å². The van der Waals surface area contributed by atoms with Gasteiger partial charge < -0.3 is 5.32 Å². The van der Waals surface area contributed by atoms with Crippen molar-refractivity contribution in [2.45, 2.75) is 30.5 Å². The van der Waals surface area contributed by atoms with Gasteiger partial charge in [-0.15, -0.1) is 0 Å². The molecule has 1 fully saturated rings. The largest absolute Gasteiger partial charge is 0.416 e. The lowest BCUT2D eigenvalue weighted by Gasteiger charge is -2.32. The highest BCUT2D eigenvalue weighted by molar-refractivity contribution is 5.42. The van der Waals surface area contributed by atoms with E-state index in [0.717, 1.165) is 48.5 Å². The summed E-state index contributed by atoms with van der Waals surface area (Å²) in [6, 6.07) is 7.15. The highest BCUT2D eigenvalue weighted by atomic mass is 19.4. The molecule has 10 heteroatoms. The second-order valence-electron chi connectivity index (χ2n) is 6.88. The molecule has 3 rings (SSSR count). The van der Waals surface area contributed by atoms with Gasteiger partial charge in [-0.05, 0) is 41.8 Å². The molecule has 0 bridgehead atoms. The van der Waals surface area contributed by atoms with Gasteiger partial charge >= 0.3 is 18.5 Å². The first kappa shape index (κ1) is 21.5. The van der Waals surface area contributed by atoms with Crippen LogP contribution in [-0.4, -0.2) is 12.7 Å². The number of hydrogen-bond donors (Lipinski definition) is 1. The smallest absolute Gasteiger partial charge is 0.303 e. The number of nitrogens with one attached hydrogen (secondary N) is 1. The highest BCUT2D eigenvalue weighted by Gasteiger charge is 2.52. The quantitative estimate of drug-likeness (QED) is 0.568. The predicted octanol–water partition coefficient (Wildman–Crippen LogP) is 6.14. The lowest BCUT2D eigenvalue weighted by atomic mass is 9.79. The van der Waals surface area contributed by atoms with Crippen molar-refractivity contribution in [1.82, 2.24) is 5.32 Å². The first-order valence-corrected chi connectivity index (χ1v) is 8.41. The number of alkyl halides is 9. The zero-order valence-corrected chi connectivity index (χ0v) is 14.5. The summed E-state index contributed by atoms with van der Waals surface area (Å²) in [4.78, 5) is 0. The van der Waals surface area contributed by atoms with Crippen LogP contribution < -0.4 is 5.32 Å². The third-order valence-electron chi connectivity index (χ3n) is 5.08. The van der Waals surface area contributed by atoms with Crippen molar-refractivity contribution in [1.29, 1.82) is 0 Å². The van der Waals surface area contributed by atoms with Crippen LogP contribution in [-0.2, 0) is 17.9 Å². The molecular formula is C19H14F9N. The number of halogens is 9. The summed E-state index contributed by atoms with van der Waals surface area (Å²) in [6.45, 7) is -0.508. The van der Waals surface area contributed by atoms with Gasteiger partial charge in [0.15, 0.2) is 0 Å². The molecule has 0 amide bonds. The molecule has 1 aliphatic heterocycles. The summed E-state index contributed by atoms with van der Waals surface area (Å²) in [5, 5.41) is 2.69. The van der Waals surface area contributed by atoms with E-state index in [-0.39, 0.29) is 11.1 Å². The Morgan fingerprint density at radius 2 is 1.03 bits per heavy atom. The average Bonchev–Trinajstić information content (AvgIpc) is 3.07. The predicted molar refractivity (Wildman–Crippen MR) is 85.8 cm³/mol. The second-order valence-corrected chi connectivity index (χ2v) is 6.88. The molecule has 1 aliphatic rings. The molecule has 1 nitrogen and oxygen atoms in total. The van der Waals surface area contributed by atoms with Gasteiger partial charge in [-0.25, -0.2) is 0 Å². The average molecular weight is 427 g/mol. The van der Waals surface area contributed by atoms with Crippen LogP contribution in [0, 0.1) is 5.92 Å². The maximum absolute atomic E-state index is 13.2. The molecule has 1 atom stereocenters. The van der Waals surface area contributed by atoms with Gasteiger partial charge in [-0.1, -0.05) is 24.3 Å². The molecule has 1 saturated heterocycles. The summed E-state index contributed by atoms with van der Waals surface area (Å²) in [5.41, 5.74) is -3.30. The molecule has 2 aromatic rings. The van der Waals surface area contributed by atoms with Crippen molar-refractivity contribution in [3.05, 3.63) is 70.8 Å². The minimum atomic E-state index is -4.63. The Morgan fingerprint density at radius 3 is 1.31 bits per heavy atom. The van der Waals surface area contributed by atoms with Gasteiger partial charge in [-0.2, -0.15) is 39.5 Å². The standard InChI is InChI=1S/C19H14F9N/c20-17(21,22)13-5-1-11(2-6-13)16(9-15(10-29-16)19(26,27)28)12-3-7-14(8-4-12)18(23,24)25/h1-8,15,29H,9-10H2. The molecule has 0 aliphatic carbocycles. The van der Waals surface area contributed by atoms with Crippen LogP contribution in [0.25, 0.3) is 0 Å². The van der Waals surface area contributed by atoms with Crippen LogP contribution in [0.15, 0.2) is 48.5 Å². The molecule has 0 radical (unpaired) electrons. The topological polar surface area (TPSA) is 12.0 Å². The molecule has 2 aromatic carbocycles. The Bertz CT molecular complexity index is 788. The van der Waals surface area contributed by atoms with Crippen LogP contribution >= 0.6 is 0 Å². The second kappa shape index (κ2) is 6.93. The SMILES string of the molecule is FC(F)(F)c1ccc(C2(c3ccc(C(F)(F)F)cc3)CC(C(F)(F)F)CN2)cc1. The Morgan fingerprint density at radius 1 is 0.655 bits per heavy atom. The van der Waals surface area contributed by atoms with Crippen LogP contribution in [0.1, 0.15) is 28.7 Å².